The Kier molecular flexibility index (Phi) is 2.26. The van der Waals surface area contributed by atoms with Crippen LogP contribution in [0.3, 0.4) is 0 Å². The van der Waals surface area contributed by atoms with Crippen molar-refractivity contribution in [3.63, 3.8) is 0 Å². The summed E-state index contributed by atoms with van der Waals surface area (Å²) in [5.41, 5.74) is 6.57. The van der Waals surface area contributed by atoms with Gasteiger partial charge in [0.15, 0.2) is 0 Å². The summed E-state index contributed by atoms with van der Waals surface area (Å²) < 4.78 is 0. The van der Waals surface area contributed by atoms with E-state index < -0.39 is 6.04 Å². The second-order valence-corrected chi connectivity index (χ2v) is 2.21. The fourth-order valence-corrected chi connectivity index (χ4v) is 0.878. The van der Waals surface area contributed by atoms with Crippen molar-refractivity contribution < 1.29 is 5.11 Å². The van der Waals surface area contributed by atoms with E-state index in [0.29, 0.717) is 11.3 Å². The lowest BCUT2D eigenvalue weighted by Gasteiger charge is -2.04. The van der Waals surface area contributed by atoms with E-state index in [2.05, 4.69) is 4.98 Å². The molecule has 0 spiro atoms. The maximum Gasteiger partial charge on any atom is 0.101 e. The first-order chi connectivity index (χ1) is 5.29. The van der Waals surface area contributed by atoms with Crippen molar-refractivity contribution in [3.8, 4) is 6.07 Å². The Bertz CT molecular complexity index is 273. The monoisotopic (exact) mass is 151 g/mol. The number of nitrogens with zero attached hydrogens (tertiary/aromatic N) is 1. The maximum absolute atomic E-state index is 8.67. The third-order valence-corrected chi connectivity index (χ3v) is 1.47. The molecule has 0 amide bonds. The SMILES string of the molecule is N#Cc1cc[nH]c1[C@@H](N)CO. The number of hydrogen-bond donors (Lipinski definition) is 3. The number of nitrogens with one attached hydrogen (secondary N) is 1. The van der Waals surface area contributed by atoms with Gasteiger partial charge in [0.25, 0.3) is 0 Å². The molecular formula is C7H9N3O. The summed E-state index contributed by atoms with van der Waals surface area (Å²) in [6.07, 6.45) is 1.63. The molecule has 0 aromatic carbocycles. The number of aliphatic hydroxyl groups is 1. The second kappa shape index (κ2) is 3.19. The Hall–Kier alpha value is -1.31. The minimum atomic E-state index is -0.486. The molecule has 4 heteroatoms. The molecule has 0 radical (unpaired) electrons. The highest BCUT2D eigenvalue weighted by Gasteiger charge is 2.09. The molecule has 1 atom stereocenters. The fraction of sp³-hybridized carbons (Fsp3) is 0.286. The van der Waals surface area contributed by atoms with E-state index in [1.807, 2.05) is 6.07 Å². The van der Waals surface area contributed by atoms with Crippen molar-refractivity contribution >= 4 is 0 Å². The lowest BCUT2D eigenvalue weighted by Crippen LogP contribution is -2.15. The normalized spacial score (nSPS) is 12.5. The number of nitriles is 1. The first kappa shape index (κ1) is 7.79. The molecule has 1 aromatic heterocycles. The molecular weight excluding hydrogens is 142 g/mol. The topological polar surface area (TPSA) is 85.8 Å². The summed E-state index contributed by atoms with van der Waals surface area (Å²) in [7, 11) is 0. The fourth-order valence-electron chi connectivity index (χ4n) is 0.878. The van der Waals surface area contributed by atoms with Gasteiger partial charge in [0.1, 0.15) is 6.07 Å². The molecule has 1 aromatic rings. The predicted octanol–water partition coefficient (Wildman–Crippen LogP) is -0.122. The van der Waals surface area contributed by atoms with Gasteiger partial charge in [0.05, 0.1) is 23.9 Å². The molecule has 0 unspecified atom stereocenters. The van der Waals surface area contributed by atoms with Gasteiger partial charge in [-0.3, -0.25) is 0 Å². The van der Waals surface area contributed by atoms with Crippen LogP contribution in [0.4, 0.5) is 0 Å². The first-order valence-corrected chi connectivity index (χ1v) is 3.23. The average molecular weight is 151 g/mol. The van der Waals surface area contributed by atoms with Crippen LogP contribution < -0.4 is 5.73 Å². The maximum atomic E-state index is 8.67. The number of aliphatic hydroxyl groups excluding tert-OH is 1. The van der Waals surface area contributed by atoms with Crippen molar-refractivity contribution in [3.05, 3.63) is 23.5 Å². The van der Waals surface area contributed by atoms with Crippen LogP contribution >= 0.6 is 0 Å². The summed E-state index contributed by atoms with van der Waals surface area (Å²) in [6.45, 7) is -0.158. The summed E-state index contributed by atoms with van der Waals surface area (Å²) in [6, 6.07) is 3.11. The highest BCUT2D eigenvalue weighted by atomic mass is 16.3. The summed E-state index contributed by atoms with van der Waals surface area (Å²) >= 11 is 0. The Morgan fingerprint density at radius 1 is 1.82 bits per heavy atom. The van der Waals surface area contributed by atoms with Gasteiger partial charge in [-0.25, -0.2) is 0 Å². The third kappa shape index (κ3) is 1.40. The second-order valence-electron chi connectivity index (χ2n) is 2.21. The number of aromatic amines is 1. The van der Waals surface area contributed by atoms with Crippen molar-refractivity contribution in [2.45, 2.75) is 6.04 Å². The molecule has 58 valence electrons. The zero-order chi connectivity index (χ0) is 8.27. The highest BCUT2D eigenvalue weighted by molar-refractivity contribution is 5.35. The number of rotatable bonds is 2. The largest absolute Gasteiger partial charge is 0.394 e. The van der Waals surface area contributed by atoms with Gasteiger partial charge in [-0.1, -0.05) is 0 Å². The number of hydrogen-bond acceptors (Lipinski definition) is 3. The molecule has 0 aliphatic heterocycles. The van der Waals surface area contributed by atoms with Crippen LogP contribution in [-0.4, -0.2) is 16.7 Å². The van der Waals surface area contributed by atoms with Gasteiger partial charge in [0, 0.05) is 6.20 Å². The molecule has 11 heavy (non-hydrogen) atoms. The number of H-pyrrole nitrogens is 1. The van der Waals surface area contributed by atoms with Gasteiger partial charge in [-0.15, -0.1) is 0 Å². The van der Waals surface area contributed by atoms with Gasteiger partial charge < -0.3 is 15.8 Å². The van der Waals surface area contributed by atoms with E-state index in [4.69, 9.17) is 16.1 Å². The van der Waals surface area contributed by atoms with Crippen molar-refractivity contribution in [1.82, 2.24) is 4.98 Å². The van der Waals surface area contributed by atoms with E-state index in [9.17, 15) is 0 Å². The van der Waals surface area contributed by atoms with E-state index in [1.54, 1.807) is 12.3 Å². The lowest BCUT2D eigenvalue weighted by atomic mass is 10.1. The van der Waals surface area contributed by atoms with Crippen LogP contribution in [0.5, 0.6) is 0 Å². The quantitative estimate of drug-likeness (QED) is 0.550. The van der Waals surface area contributed by atoms with Crippen LogP contribution in [0.2, 0.25) is 0 Å². The Morgan fingerprint density at radius 2 is 2.55 bits per heavy atom. The zero-order valence-electron chi connectivity index (χ0n) is 5.91. The summed E-state index contributed by atoms with van der Waals surface area (Å²) in [5.74, 6) is 0. The Morgan fingerprint density at radius 3 is 3.09 bits per heavy atom. The Balaban J connectivity index is 2.95. The minimum absolute atomic E-state index is 0.158. The van der Waals surface area contributed by atoms with Gasteiger partial charge in [-0.05, 0) is 6.07 Å². The van der Waals surface area contributed by atoms with Gasteiger partial charge >= 0.3 is 0 Å². The molecule has 1 heterocycles. The van der Waals surface area contributed by atoms with E-state index >= 15 is 0 Å². The standard InChI is InChI=1S/C7H9N3O/c8-3-5-1-2-10-7(5)6(9)4-11/h1-2,6,10-11H,4,9H2/t6-/m0/s1. The molecule has 0 aliphatic rings. The molecule has 1 rings (SSSR count). The summed E-state index contributed by atoms with van der Waals surface area (Å²) in [5, 5.41) is 17.2. The van der Waals surface area contributed by atoms with Crippen molar-refractivity contribution in [2.75, 3.05) is 6.61 Å². The van der Waals surface area contributed by atoms with Crippen LogP contribution in [0.1, 0.15) is 17.3 Å². The number of nitrogens with two attached hydrogens (primary N) is 1. The van der Waals surface area contributed by atoms with Crippen molar-refractivity contribution in [2.24, 2.45) is 5.73 Å². The molecule has 0 saturated carbocycles. The van der Waals surface area contributed by atoms with Crippen LogP contribution in [0.25, 0.3) is 0 Å². The number of aromatic nitrogens is 1. The average Bonchev–Trinajstić information content (AvgIpc) is 2.50. The van der Waals surface area contributed by atoms with Crippen LogP contribution in [0, 0.1) is 11.3 Å². The van der Waals surface area contributed by atoms with E-state index in [0.717, 1.165) is 0 Å². The molecule has 0 saturated heterocycles. The molecule has 4 nitrogen and oxygen atoms in total. The highest BCUT2D eigenvalue weighted by Crippen LogP contribution is 2.11. The van der Waals surface area contributed by atoms with Gasteiger partial charge in [0.2, 0.25) is 0 Å². The van der Waals surface area contributed by atoms with Crippen LogP contribution in [-0.2, 0) is 0 Å². The molecule has 0 bridgehead atoms. The Labute approximate surface area is 64.3 Å². The predicted molar refractivity (Wildman–Crippen MR) is 39.5 cm³/mol. The van der Waals surface area contributed by atoms with E-state index in [-0.39, 0.29) is 6.61 Å². The molecule has 0 fully saturated rings. The van der Waals surface area contributed by atoms with Gasteiger partial charge in [-0.2, -0.15) is 5.26 Å². The molecule has 4 N–H and O–H groups in total. The molecule has 0 aliphatic carbocycles. The first-order valence-electron chi connectivity index (χ1n) is 3.23. The third-order valence-electron chi connectivity index (χ3n) is 1.47. The zero-order valence-corrected chi connectivity index (χ0v) is 5.91. The summed E-state index contributed by atoms with van der Waals surface area (Å²) in [4.78, 5) is 2.80. The lowest BCUT2D eigenvalue weighted by molar-refractivity contribution is 0.266. The van der Waals surface area contributed by atoms with Crippen molar-refractivity contribution in [1.29, 1.82) is 5.26 Å². The van der Waals surface area contributed by atoms with E-state index in [1.165, 1.54) is 0 Å². The smallest absolute Gasteiger partial charge is 0.101 e. The van der Waals surface area contributed by atoms with Crippen LogP contribution in [0.15, 0.2) is 12.3 Å². The minimum Gasteiger partial charge on any atom is -0.394 e.